The Morgan fingerprint density at radius 2 is 1.95 bits per heavy atom. The van der Waals surface area contributed by atoms with E-state index in [-0.39, 0.29) is 22.9 Å². The first-order valence-corrected chi connectivity index (χ1v) is 6.87. The van der Waals surface area contributed by atoms with E-state index in [0.717, 1.165) is 18.5 Å². The molecule has 1 fully saturated rings. The van der Waals surface area contributed by atoms with Gasteiger partial charge in [-0.2, -0.15) is 5.10 Å². The van der Waals surface area contributed by atoms with E-state index in [1.54, 1.807) is 6.07 Å². The number of aromatic nitrogens is 2. The number of carbonyl (C=O) groups is 2. The number of nitrogens with zero attached hydrogens (tertiary/aromatic N) is 2. The summed E-state index contributed by atoms with van der Waals surface area (Å²) in [6.45, 7) is 7.20. The van der Waals surface area contributed by atoms with Gasteiger partial charge in [0.1, 0.15) is 0 Å². The van der Waals surface area contributed by atoms with Gasteiger partial charge in [0.15, 0.2) is 5.69 Å². The smallest absolute Gasteiger partial charge is 0.356 e. The van der Waals surface area contributed by atoms with Gasteiger partial charge in [-0.05, 0) is 18.9 Å². The van der Waals surface area contributed by atoms with E-state index in [0.29, 0.717) is 13.1 Å². The monoisotopic (exact) mass is 279 g/mol. The minimum Gasteiger partial charge on any atom is -0.476 e. The number of amides is 1. The molecule has 1 aromatic heterocycles. The molecule has 1 aromatic rings. The Hall–Kier alpha value is -1.85. The van der Waals surface area contributed by atoms with Crippen LogP contribution in [0.1, 0.15) is 55.7 Å². The van der Waals surface area contributed by atoms with Gasteiger partial charge in [-0.1, -0.05) is 20.8 Å². The third-order valence-corrected chi connectivity index (χ3v) is 3.68. The average molecular weight is 279 g/mol. The second kappa shape index (κ2) is 5.26. The van der Waals surface area contributed by atoms with Crippen molar-refractivity contribution in [1.29, 1.82) is 0 Å². The summed E-state index contributed by atoms with van der Waals surface area (Å²) in [5.74, 6) is -0.598. The van der Waals surface area contributed by atoms with Gasteiger partial charge >= 0.3 is 5.97 Å². The van der Waals surface area contributed by atoms with Gasteiger partial charge in [-0.25, -0.2) is 4.79 Å². The fraction of sp³-hybridized carbons (Fsp3) is 0.643. The van der Waals surface area contributed by atoms with Crippen LogP contribution in [-0.2, 0) is 4.79 Å². The van der Waals surface area contributed by atoms with E-state index in [9.17, 15) is 9.59 Å². The number of H-pyrrole nitrogens is 1. The number of hydrogen-bond donors (Lipinski definition) is 2. The predicted molar refractivity (Wildman–Crippen MR) is 73.6 cm³/mol. The summed E-state index contributed by atoms with van der Waals surface area (Å²) in [5, 5.41) is 15.4. The van der Waals surface area contributed by atoms with Crippen molar-refractivity contribution >= 4 is 11.9 Å². The summed E-state index contributed by atoms with van der Waals surface area (Å²) >= 11 is 0. The van der Waals surface area contributed by atoms with Crippen molar-refractivity contribution in [2.45, 2.75) is 39.5 Å². The highest BCUT2D eigenvalue weighted by Crippen LogP contribution is 2.29. The van der Waals surface area contributed by atoms with E-state index in [4.69, 9.17) is 5.11 Å². The molecule has 0 spiro atoms. The Balaban J connectivity index is 1.97. The lowest BCUT2D eigenvalue weighted by atomic mass is 9.89. The first kappa shape index (κ1) is 14.6. The third kappa shape index (κ3) is 3.00. The molecular formula is C14H21N3O3. The second-order valence-corrected chi connectivity index (χ2v) is 6.33. The molecule has 2 N–H and O–H groups in total. The van der Waals surface area contributed by atoms with Gasteiger partial charge in [-0.15, -0.1) is 0 Å². The molecule has 0 aliphatic carbocycles. The molecule has 1 amide bonds. The van der Waals surface area contributed by atoms with Crippen molar-refractivity contribution < 1.29 is 14.7 Å². The first-order chi connectivity index (χ1) is 9.29. The molecule has 0 bridgehead atoms. The number of aromatic carboxylic acids is 1. The van der Waals surface area contributed by atoms with Gasteiger partial charge in [0, 0.05) is 30.1 Å². The van der Waals surface area contributed by atoms with Crippen LogP contribution < -0.4 is 0 Å². The van der Waals surface area contributed by atoms with E-state index < -0.39 is 5.97 Å². The Kier molecular flexibility index (Phi) is 3.83. The number of aromatic amines is 1. The average Bonchev–Trinajstić information content (AvgIpc) is 2.86. The second-order valence-electron chi connectivity index (χ2n) is 6.33. The van der Waals surface area contributed by atoms with E-state index in [1.165, 1.54) is 0 Å². The molecule has 110 valence electrons. The van der Waals surface area contributed by atoms with Gasteiger partial charge < -0.3 is 10.0 Å². The molecule has 1 aliphatic rings. The van der Waals surface area contributed by atoms with Crippen LogP contribution >= 0.6 is 0 Å². The lowest BCUT2D eigenvalue weighted by Gasteiger charge is -2.35. The Bertz CT molecular complexity index is 508. The van der Waals surface area contributed by atoms with Gasteiger partial charge in [0.2, 0.25) is 5.91 Å². The highest BCUT2D eigenvalue weighted by molar-refractivity contribution is 5.85. The molecule has 20 heavy (non-hydrogen) atoms. The quantitative estimate of drug-likeness (QED) is 0.865. The molecule has 0 aromatic carbocycles. The summed E-state index contributed by atoms with van der Waals surface area (Å²) in [7, 11) is 0. The zero-order chi connectivity index (χ0) is 14.9. The van der Waals surface area contributed by atoms with Crippen molar-refractivity contribution in [3.63, 3.8) is 0 Å². The van der Waals surface area contributed by atoms with Crippen LogP contribution in [0.25, 0.3) is 0 Å². The molecule has 0 radical (unpaired) electrons. The molecule has 6 heteroatoms. The van der Waals surface area contributed by atoms with Crippen LogP contribution in [0.5, 0.6) is 0 Å². The summed E-state index contributed by atoms with van der Waals surface area (Å²) in [6.07, 6.45) is 1.67. The molecule has 0 unspecified atom stereocenters. The maximum atomic E-state index is 12.2. The highest BCUT2D eigenvalue weighted by atomic mass is 16.4. The summed E-state index contributed by atoms with van der Waals surface area (Å²) in [6, 6.07) is 1.59. The molecule has 2 heterocycles. The molecule has 0 saturated carbocycles. The Morgan fingerprint density at radius 1 is 1.35 bits per heavy atom. The van der Waals surface area contributed by atoms with Crippen LogP contribution in [0, 0.1) is 5.41 Å². The summed E-state index contributed by atoms with van der Waals surface area (Å²) in [4.78, 5) is 24.9. The van der Waals surface area contributed by atoms with Crippen molar-refractivity contribution in [3.05, 3.63) is 17.5 Å². The fourth-order valence-corrected chi connectivity index (χ4v) is 2.52. The zero-order valence-electron chi connectivity index (χ0n) is 12.1. The summed E-state index contributed by atoms with van der Waals surface area (Å²) in [5.41, 5.74) is 0.551. The largest absolute Gasteiger partial charge is 0.476 e. The van der Waals surface area contributed by atoms with Gasteiger partial charge in [0.05, 0.1) is 0 Å². The SMILES string of the molecule is CC(C)(C)C(=O)N1CCC(c2cc(C(=O)O)n[nH]2)CC1. The number of carbonyl (C=O) groups excluding carboxylic acids is 1. The molecule has 1 saturated heterocycles. The minimum atomic E-state index is -1.02. The van der Waals surface area contributed by atoms with Crippen LogP contribution in [-0.4, -0.2) is 45.2 Å². The van der Waals surface area contributed by atoms with Crippen molar-refractivity contribution in [2.24, 2.45) is 5.41 Å². The lowest BCUT2D eigenvalue weighted by molar-refractivity contribution is -0.140. The zero-order valence-corrected chi connectivity index (χ0v) is 12.1. The fourth-order valence-electron chi connectivity index (χ4n) is 2.52. The van der Waals surface area contributed by atoms with Gasteiger partial charge in [0.25, 0.3) is 0 Å². The lowest BCUT2D eigenvalue weighted by Crippen LogP contribution is -2.43. The maximum absolute atomic E-state index is 12.2. The van der Waals surface area contributed by atoms with E-state index in [2.05, 4.69) is 10.2 Å². The number of nitrogens with one attached hydrogen (secondary N) is 1. The van der Waals surface area contributed by atoms with Crippen LogP contribution in [0.3, 0.4) is 0 Å². The van der Waals surface area contributed by atoms with Crippen LogP contribution in [0.15, 0.2) is 6.07 Å². The number of carboxylic acids is 1. The predicted octanol–water partition coefficient (Wildman–Crippen LogP) is 1.86. The maximum Gasteiger partial charge on any atom is 0.356 e. The highest BCUT2D eigenvalue weighted by Gasteiger charge is 2.31. The number of hydrogen-bond acceptors (Lipinski definition) is 3. The van der Waals surface area contributed by atoms with Crippen LogP contribution in [0.4, 0.5) is 0 Å². The number of likely N-dealkylation sites (tertiary alicyclic amines) is 1. The molecular weight excluding hydrogens is 258 g/mol. The van der Waals surface area contributed by atoms with Gasteiger partial charge in [-0.3, -0.25) is 9.89 Å². The van der Waals surface area contributed by atoms with Crippen LogP contribution in [0.2, 0.25) is 0 Å². The van der Waals surface area contributed by atoms with E-state index >= 15 is 0 Å². The van der Waals surface area contributed by atoms with Crippen molar-refractivity contribution in [2.75, 3.05) is 13.1 Å². The molecule has 2 rings (SSSR count). The molecule has 0 atom stereocenters. The number of rotatable bonds is 2. The number of carboxylic acid groups (broad SMARTS) is 1. The van der Waals surface area contributed by atoms with Crippen molar-refractivity contribution in [3.8, 4) is 0 Å². The summed E-state index contributed by atoms with van der Waals surface area (Å²) < 4.78 is 0. The first-order valence-electron chi connectivity index (χ1n) is 6.87. The van der Waals surface area contributed by atoms with E-state index in [1.807, 2.05) is 25.7 Å². The molecule has 1 aliphatic heterocycles. The normalized spacial score (nSPS) is 17.2. The Morgan fingerprint density at radius 3 is 2.40 bits per heavy atom. The van der Waals surface area contributed by atoms with Crippen molar-refractivity contribution in [1.82, 2.24) is 15.1 Å². The third-order valence-electron chi connectivity index (χ3n) is 3.68. The number of piperidine rings is 1. The minimum absolute atomic E-state index is 0.0493. The topological polar surface area (TPSA) is 86.3 Å². The standard InChI is InChI=1S/C14H21N3O3/c1-14(2,3)13(20)17-6-4-9(5-7-17)10-8-11(12(18)19)16-15-10/h8-9H,4-7H2,1-3H3,(H,15,16)(H,18,19). The Labute approximate surface area is 118 Å². The molecule has 6 nitrogen and oxygen atoms in total.